The van der Waals surface area contributed by atoms with Crippen LogP contribution in [0.4, 0.5) is 35.5 Å². The minimum Gasteiger partial charge on any atom is -0.434 e. The molecule has 0 amide bonds. The van der Waals surface area contributed by atoms with Gasteiger partial charge in [0, 0.05) is 0 Å². The first-order valence-electron chi connectivity index (χ1n) is 3.95. The Bertz CT molecular complexity index is 331. The molecule has 0 aromatic heterocycles. The number of ether oxygens (including phenoxy) is 4. The topological polar surface area (TPSA) is 54.0 Å². The molecule has 0 bridgehead atoms. The maximum Gasteiger partial charge on any atom is 0.524 e. The Morgan fingerprint density at radius 3 is 2.28 bits per heavy atom. The molecular formula is C6H3F7O5. The van der Waals surface area contributed by atoms with Crippen LogP contribution in [-0.4, -0.2) is 37.6 Å². The Morgan fingerprint density at radius 1 is 1.28 bits per heavy atom. The lowest BCUT2D eigenvalue weighted by Crippen LogP contribution is -2.44. The zero-order valence-corrected chi connectivity index (χ0v) is 7.97. The van der Waals surface area contributed by atoms with Crippen molar-refractivity contribution < 1.29 is 54.5 Å². The van der Waals surface area contributed by atoms with E-state index in [1.165, 1.54) is 0 Å². The van der Waals surface area contributed by atoms with Crippen molar-refractivity contribution in [3.8, 4) is 0 Å². The number of hydrogen-bond acceptors (Lipinski definition) is 5. The first kappa shape index (κ1) is 14.9. The van der Waals surface area contributed by atoms with E-state index < -0.39 is 37.6 Å². The van der Waals surface area contributed by atoms with Crippen molar-refractivity contribution in [1.82, 2.24) is 0 Å². The largest absolute Gasteiger partial charge is 0.524 e. The number of carbonyl (C=O) groups is 1. The zero-order chi connectivity index (χ0) is 14.2. The summed E-state index contributed by atoms with van der Waals surface area (Å²) in [5, 5.41) is 0. The molecule has 1 rings (SSSR count). The number of alkyl halides is 6. The van der Waals surface area contributed by atoms with Gasteiger partial charge in [-0.1, -0.05) is 0 Å². The van der Waals surface area contributed by atoms with Gasteiger partial charge in [0.15, 0.2) is 6.61 Å². The fourth-order valence-corrected chi connectivity index (χ4v) is 0.968. The predicted octanol–water partition coefficient (Wildman–Crippen LogP) is 2.22. The van der Waals surface area contributed by atoms with Gasteiger partial charge in [-0.25, -0.2) is 13.9 Å². The van der Waals surface area contributed by atoms with Gasteiger partial charge in [-0.2, -0.15) is 0 Å². The van der Waals surface area contributed by atoms with Crippen LogP contribution in [0.5, 0.6) is 0 Å². The van der Waals surface area contributed by atoms with E-state index in [9.17, 15) is 35.5 Å². The highest BCUT2D eigenvalue weighted by molar-refractivity contribution is 5.57. The molecule has 1 aliphatic heterocycles. The second kappa shape index (κ2) is 4.51. The first-order valence-corrected chi connectivity index (χ1v) is 3.95. The van der Waals surface area contributed by atoms with Crippen LogP contribution >= 0.6 is 0 Å². The van der Waals surface area contributed by atoms with Crippen molar-refractivity contribution in [2.45, 2.75) is 24.8 Å². The second-order valence-electron chi connectivity index (χ2n) is 2.89. The van der Waals surface area contributed by atoms with Crippen LogP contribution < -0.4 is 0 Å². The quantitative estimate of drug-likeness (QED) is 0.588. The summed E-state index contributed by atoms with van der Waals surface area (Å²) in [6.45, 7) is -1.92. The minimum absolute atomic E-state index is 1.92. The van der Waals surface area contributed by atoms with E-state index in [2.05, 4.69) is 18.9 Å². The van der Waals surface area contributed by atoms with Crippen LogP contribution in [0.25, 0.3) is 0 Å². The molecule has 1 fully saturated rings. The summed E-state index contributed by atoms with van der Waals surface area (Å²) in [6, 6.07) is 0. The number of rotatable bonds is 3. The van der Waals surface area contributed by atoms with E-state index in [0.29, 0.717) is 0 Å². The van der Waals surface area contributed by atoms with Gasteiger partial charge in [-0.15, -0.1) is 26.3 Å². The van der Waals surface area contributed by atoms with E-state index in [-0.39, 0.29) is 0 Å². The first-order chi connectivity index (χ1) is 7.94. The Morgan fingerprint density at radius 2 is 1.83 bits per heavy atom. The van der Waals surface area contributed by atoms with Crippen LogP contribution in [0.1, 0.15) is 0 Å². The monoisotopic (exact) mass is 288 g/mol. The summed E-state index contributed by atoms with van der Waals surface area (Å²) >= 11 is 0. The van der Waals surface area contributed by atoms with Gasteiger partial charge in [0.05, 0.1) is 0 Å². The molecule has 2 unspecified atom stereocenters. The summed E-state index contributed by atoms with van der Waals surface area (Å²) in [6.07, 6.45) is -16.2. The van der Waals surface area contributed by atoms with Gasteiger partial charge in [0.25, 0.3) is 0 Å². The molecule has 0 saturated carbocycles. The van der Waals surface area contributed by atoms with E-state index in [1.807, 2.05) is 0 Å². The summed E-state index contributed by atoms with van der Waals surface area (Å²) < 4.78 is 97.7. The summed E-state index contributed by atoms with van der Waals surface area (Å²) in [4.78, 5) is 9.69. The molecule has 0 aliphatic carbocycles. The third-order valence-corrected chi connectivity index (χ3v) is 1.51. The number of halogens is 7. The highest BCUT2D eigenvalue weighted by Crippen LogP contribution is 2.42. The Balaban J connectivity index is 2.80. The zero-order valence-electron chi connectivity index (χ0n) is 7.97. The lowest BCUT2D eigenvalue weighted by Gasteiger charge is -2.22. The summed E-state index contributed by atoms with van der Waals surface area (Å²) in [5.74, 6) is -4.01. The fraction of sp³-hybridized carbons (Fsp3) is 0.833. The highest BCUT2D eigenvalue weighted by Gasteiger charge is 2.64. The molecule has 0 spiro atoms. The normalized spacial score (nSPS) is 31.4. The molecule has 0 aromatic rings. The Kier molecular flexibility index (Phi) is 3.74. The van der Waals surface area contributed by atoms with Crippen LogP contribution in [0, 0.1) is 0 Å². The third kappa shape index (κ3) is 3.96. The van der Waals surface area contributed by atoms with Gasteiger partial charge in [-0.3, -0.25) is 9.47 Å². The van der Waals surface area contributed by atoms with E-state index >= 15 is 0 Å². The van der Waals surface area contributed by atoms with Crippen molar-refractivity contribution >= 4 is 6.22 Å². The maximum absolute atomic E-state index is 13.5. The van der Waals surface area contributed by atoms with E-state index in [0.717, 1.165) is 0 Å². The molecular weight excluding hydrogens is 285 g/mol. The molecule has 0 aromatic carbocycles. The maximum atomic E-state index is 13.5. The van der Waals surface area contributed by atoms with Crippen molar-refractivity contribution in [2.75, 3.05) is 6.61 Å². The molecule has 5 nitrogen and oxygen atoms in total. The van der Waals surface area contributed by atoms with Crippen LogP contribution in [0.3, 0.4) is 0 Å². The Hall–Kier alpha value is -1.14. The molecule has 1 heterocycles. The van der Waals surface area contributed by atoms with E-state index in [1.54, 1.807) is 0 Å². The molecule has 12 heteroatoms. The van der Waals surface area contributed by atoms with E-state index in [4.69, 9.17) is 0 Å². The Labute approximate surface area is 93.3 Å². The molecule has 1 aliphatic rings. The second-order valence-corrected chi connectivity index (χ2v) is 2.89. The average Bonchev–Trinajstić information content (AvgIpc) is 2.31. The van der Waals surface area contributed by atoms with Gasteiger partial charge < -0.3 is 4.74 Å². The molecule has 2 atom stereocenters. The summed E-state index contributed by atoms with van der Waals surface area (Å²) in [5.41, 5.74) is 0. The standard InChI is InChI=1S/C6H3F7O5/c7-3(14)15-1-4(8)2(16-5(9,10)11)17-6(12,13)18-4/h2H,1H2. The van der Waals surface area contributed by atoms with Crippen molar-refractivity contribution in [3.05, 3.63) is 0 Å². The lowest BCUT2D eigenvalue weighted by molar-refractivity contribution is -0.410. The van der Waals surface area contributed by atoms with Gasteiger partial charge in [0.1, 0.15) is 0 Å². The smallest absolute Gasteiger partial charge is 0.434 e. The highest BCUT2D eigenvalue weighted by atomic mass is 19.4. The van der Waals surface area contributed by atoms with Gasteiger partial charge in [-0.05, 0) is 0 Å². The van der Waals surface area contributed by atoms with Crippen molar-refractivity contribution in [3.63, 3.8) is 0 Å². The molecule has 18 heavy (non-hydrogen) atoms. The number of carbonyl (C=O) groups excluding carboxylic acids is 1. The third-order valence-electron chi connectivity index (χ3n) is 1.51. The molecule has 106 valence electrons. The number of hydrogen-bond donors (Lipinski definition) is 0. The summed E-state index contributed by atoms with van der Waals surface area (Å²) in [7, 11) is 0. The predicted molar refractivity (Wildman–Crippen MR) is 34.3 cm³/mol. The van der Waals surface area contributed by atoms with Crippen molar-refractivity contribution in [2.24, 2.45) is 0 Å². The fourth-order valence-electron chi connectivity index (χ4n) is 0.968. The van der Waals surface area contributed by atoms with Crippen LogP contribution in [0.15, 0.2) is 0 Å². The van der Waals surface area contributed by atoms with Gasteiger partial charge >= 0.3 is 24.7 Å². The average molecular weight is 288 g/mol. The minimum atomic E-state index is -5.54. The van der Waals surface area contributed by atoms with Gasteiger partial charge in [0.2, 0.25) is 6.29 Å². The van der Waals surface area contributed by atoms with Crippen LogP contribution in [-0.2, 0) is 18.9 Å². The van der Waals surface area contributed by atoms with Crippen molar-refractivity contribution in [1.29, 1.82) is 0 Å². The SMILES string of the molecule is O=C(F)OCC1(F)OC(F)(F)OC1OC(F)(F)F. The molecule has 0 N–H and O–H groups in total. The van der Waals surface area contributed by atoms with Crippen LogP contribution in [0.2, 0.25) is 0 Å². The molecule has 0 radical (unpaired) electrons. The lowest BCUT2D eigenvalue weighted by atomic mass is 10.3. The molecule has 1 saturated heterocycles.